The topological polar surface area (TPSA) is 58.6 Å². The van der Waals surface area contributed by atoms with Crippen molar-refractivity contribution in [3.8, 4) is 5.75 Å². The molecule has 0 aliphatic heterocycles. The first-order valence-electron chi connectivity index (χ1n) is 10.4. The second-order valence-corrected chi connectivity index (χ2v) is 9.10. The lowest BCUT2D eigenvalue weighted by atomic mass is 10.1. The normalized spacial score (nSPS) is 12.7. The summed E-state index contributed by atoms with van der Waals surface area (Å²) in [7, 11) is 0. The smallest absolute Gasteiger partial charge is 0.261 e. The lowest BCUT2D eigenvalue weighted by Crippen LogP contribution is -2.50. The van der Waals surface area contributed by atoms with Gasteiger partial charge in [0.25, 0.3) is 5.91 Å². The number of nitrogens with zero attached hydrogens (tertiary/aromatic N) is 1. The van der Waals surface area contributed by atoms with Gasteiger partial charge < -0.3 is 15.0 Å². The highest BCUT2D eigenvalue weighted by Gasteiger charge is 2.27. The van der Waals surface area contributed by atoms with Gasteiger partial charge in [-0.15, -0.1) is 0 Å². The lowest BCUT2D eigenvalue weighted by Gasteiger charge is -2.29. The molecule has 0 aliphatic rings. The summed E-state index contributed by atoms with van der Waals surface area (Å²) in [5.41, 5.74) is 2.69. The molecule has 168 valence electrons. The van der Waals surface area contributed by atoms with Crippen LogP contribution in [-0.4, -0.2) is 35.4 Å². The molecular weight excluding hydrogens is 480 g/mol. The number of benzene rings is 2. The van der Waals surface area contributed by atoms with E-state index < -0.39 is 6.04 Å². The molecule has 0 saturated heterocycles. The van der Waals surface area contributed by atoms with Crippen molar-refractivity contribution in [3.63, 3.8) is 0 Å². The largest absolute Gasteiger partial charge is 0.484 e. The molecule has 0 bridgehead atoms. The summed E-state index contributed by atoms with van der Waals surface area (Å²) in [6, 6.07) is 10.7. The van der Waals surface area contributed by atoms with E-state index in [2.05, 4.69) is 21.2 Å². The summed E-state index contributed by atoms with van der Waals surface area (Å²) >= 11 is 9.68. The molecule has 0 aliphatic carbocycles. The van der Waals surface area contributed by atoms with E-state index in [0.717, 1.165) is 27.6 Å². The molecule has 2 aromatic rings. The molecule has 0 spiro atoms. The van der Waals surface area contributed by atoms with Gasteiger partial charge in [-0.1, -0.05) is 46.6 Å². The molecule has 0 unspecified atom stereocenters. The number of aryl methyl sites for hydroxylation is 2. The van der Waals surface area contributed by atoms with Gasteiger partial charge in [-0.2, -0.15) is 0 Å². The number of nitrogens with one attached hydrogen (secondary N) is 1. The van der Waals surface area contributed by atoms with Gasteiger partial charge in [0.05, 0.1) is 0 Å². The van der Waals surface area contributed by atoms with Crippen molar-refractivity contribution in [2.45, 2.75) is 59.7 Å². The van der Waals surface area contributed by atoms with Crippen LogP contribution >= 0.6 is 27.5 Å². The van der Waals surface area contributed by atoms with Crippen molar-refractivity contribution in [2.75, 3.05) is 6.61 Å². The molecule has 1 N–H and O–H groups in total. The van der Waals surface area contributed by atoms with Crippen LogP contribution in [0.2, 0.25) is 5.02 Å². The molecule has 0 aromatic heterocycles. The zero-order chi connectivity index (χ0) is 23.1. The van der Waals surface area contributed by atoms with Crippen molar-refractivity contribution in [1.82, 2.24) is 10.2 Å². The number of hydrogen-bond donors (Lipinski definition) is 1. The van der Waals surface area contributed by atoms with Gasteiger partial charge in [0.1, 0.15) is 11.8 Å². The van der Waals surface area contributed by atoms with E-state index >= 15 is 0 Å². The van der Waals surface area contributed by atoms with Crippen molar-refractivity contribution in [2.24, 2.45) is 0 Å². The summed E-state index contributed by atoms with van der Waals surface area (Å²) in [5, 5.41) is 3.64. The number of hydrogen-bond acceptors (Lipinski definition) is 3. The molecule has 5 nitrogen and oxygen atoms in total. The Kier molecular flexibility index (Phi) is 9.38. The van der Waals surface area contributed by atoms with Gasteiger partial charge in [-0.3, -0.25) is 9.59 Å². The predicted octanol–water partition coefficient (Wildman–Crippen LogP) is 5.43. The van der Waals surface area contributed by atoms with E-state index in [1.165, 1.54) is 0 Å². The monoisotopic (exact) mass is 508 g/mol. The Morgan fingerprint density at radius 3 is 2.39 bits per heavy atom. The fourth-order valence-electron chi connectivity index (χ4n) is 3.10. The second kappa shape index (κ2) is 11.5. The third kappa shape index (κ3) is 7.25. The van der Waals surface area contributed by atoms with Crippen molar-refractivity contribution >= 4 is 39.3 Å². The minimum atomic E-state index is -0.641. The maximum absolute atomic E-state index is 13.1. The molecule has 0 heterocycles. The number of ether oxygens (including phenoxy) is 1. The van der Waals surface area contributed by atoms with Crippen LogP contribution in [0, 0.1) is 13.8 Å². The van der Waals surface area contributed by atoms with Crippen LogP contribution in [0.5, 0.6) is 5.75 Å². The minimum absolute atomic E-state index is 0.0361. The van der Waals surface area contributed by atoms with E-state index in [-0.39, 0.29) is 24.5 Å². The molecule has 2 atom stereocenters. The van der Waals surface area contributed by atoms with E-state index in [1.807, 2.05) is 52.0 Å². The Balaban J connectivity index is 2.19. The average molecular weight is 510 g/mol. The number of rotatable bonds is 9. The third-order valence-electron chi connectivity index (χ3n) is 5.18. The quantitative estimate of drug-likeness (QED) is 0.490. The van der Waals surface area contributed by atoms with E-state index in [1.54, 1.807) is 24.0 Å². The Hall–Kier alpha value is -2.05. The van der Waals surface area contributed by atoms with Gasteiger partial charge in [0.15, 0.2) is 6.61 Å². The highest BCUT2D eigenvalue weighted by atomic mass is 79.9. The number of amides is 2. The number of carbonyl (C=O) groups is 2. The molecule has 2 aromatic carbocycles. The fourth-order valence-corrected chi connectivity index (χ4v) is 3.65. The van der Waals surface area contributed by atoms with Crippen LogP contribution in [0.1, 0.15) is 43.9 Å². The summed E-state index contributed by atoms with van der Waals surface area (Å²) < 4.78 is 6.68. The van der Waals surface area contributed by atoms with Gasteiger partial charge in [-0.25, -0.2) is 0 Å². The van der Waals surface area contributed by atoms with Crippen molar-refractivity contribution in [1.29, 1.82) is 0 Å². The fraction of sp³-hybridized carbons (Fsp3) is 0.417. The van der Waals surface area contributed by atoms with Crippen molar-refractivity contribution < 1.29 is 14.3 Å². The molecule has 0 fully saturated rings. The molecular formula is C24H30BrClN2O3. The summed E-state index contributed by atoms with van der Waals surface area (Å²) in [6.45, 7) is 9.61. The lowest BCUT2D eigenvalue weighted by molar-refractivity contribution is -0.142. The van der Waals surface area contributed by atoms with Crippen LogP contribution < -0.4 is 10.1 Å². The third-order valence-corrected chi connectivity index (χ3v) is 6.27. The minimum Gasteiger partial charge on any atom is -0.484 e. The molecule has 31 heavy (non-hydrogen) atoms. The van der Waals surface area contributed by atoms with E-state index in [4.69, 9.17) is 16.3 Å². The van der Waals surface area contributed by atoms with Crippen molar-refractivity contribution in [3.05, 3.63) is 62.6 Å². The second-order valence-electron chi connectivity index (χ2n) is 7.81. The number of carbonyl (C=O) groups excluding carboxylic acids is 2. The Morgan fingerprint density at radius 1 is 1.16 bits per heavy atom. The van der Waals surface area contributed by atoms with Crippen LogP contribution in [0.4, 0.5) is 0 Å². The molecule has 0 radical (unpaired) electrons. The predicted molar refractivity (Wildman–Crippen MR) is 128 cm³/mol. The first-order valence-corrected chi connectivity index (χ1v) is 11.5. The Bertz CT molecular complexity index is 912. The van der Waals surface area contributed by atoms with Crippen LogP contribution in [0.15, 0.2) is 40.9 Å². The standard InChI is InChI=1S/C24H30BrClN2O3/c1-6-17(4)27-24(30)18(5)28(13-19-8-7-9-20(25)12-19)22(29)14-31-21-10-15(2)23(26)16(3)11-21/h7-12,17-18H,6,13-14H2,1-5H3,(H,27,30)/t17-,18+/m0/s1. The summed E-state index contributed by atoms with van der Waals surface area (Å²) in [5.74, 6) is 0.125. The highest BCUT2D eigenvalue weighted by molar-refractivity contribution is 9.10. The maximum atomic E-state index is 13.1. The first kappa shape index (κ1) is 25.2. The molecule has 2 rings (SSSR count). The Morgan fingerprint density at radius 2 is 1.81 bits per heavy atom. The van der Waals surface area contributed by atoms with E-state index in [0.29, 0.717) is 17.3 Å². The van der Waals surface area contributed by atoms with Gasteiger partial charge in [0, 0.05) is 22.1 Å². The zero-order valence-electron chi connectivity index (χ0n) is 18.7. The first-order chi connectivity index (χ1) is 14.6. The molecule has 7 heteroatoms. The molecule has 2 amide bonds. The molecule has 0 saturated carbocycles. The van der Waals surface area contributed by atoms with Gasteiger partial charge in [-0.05, 0) is 75.1 Å². The van der Waals surface area contributed by atoms with Gasteiger partial charge in [0.2, 0.25) is 5.91 Å². The Labute approximate surface area is 198 Å². The number of halogens is 2. The SMILES string of the molecule is CC[C@H](C)NC(=O)[C@@H](C)N(Cc1cccc(Br)c1)C(=O)COc1cc(C)c(Cl)c(C)c1. The average Bonchev–Trinajstić information content (AvgIpc) is 2.73. The zero-order valence-corrected chi connectivity index (χ0v) is 21.0. The maximum Gasteiger partial charge on any atom is 0.261 e. The van der Waals surface area contributed by atoms with Crippen LogP contribution in [-0.2, 0) is 16.1 Å². The highest BCUT2D eigenvalue weighted by Crippen LogP contribution is 2.26. The van der Waals surface area contributed by atoms with Gasteiger partial charge >= 0.3 is 0 Å². The van der Waals surface area contributed by atoms with Crippen LogP contribution in [0.3, 0.4) is 0 Å². The van der Waals surface area contributed by atoms with E-state index in [9.17, 15) is 9.59 Å². The van der Waals surface area contributed by atoms with Crippen LogP contribution in [0.25, 0.3) is 0 Å². The summed E-state index contributed by atoms with van der Waals surface area (Å²) in [6.07, 6.45) is 0.816. The summed E-state index contributed by atoms with van der Waals surface area (Å²) in [4.78, 5) is 27.4.